The fourth-order valence-corrected chi connectivity index (χ4v) is 4.30. The van der Waals surface area contributed by atoms with Gasteiger partial charge in [-0.05, 0) is 36.9 Å². The van der Waals surface area contributed by atoms with Crippen LogP contribution in [0.5, 0.6) is 0 Å². The Morgan fingerprint density at radius 3 is 2.57 bits per heavy atom. The summed E-state index contributed by atoms with van der Waals surface area (Å²) in [5.41, 5.74) is 8.46. The second-order valence-corrected chi connectivity index (χ2v) is 6.44. The summed E-state index contributed by atoms with van der Waals surface area (Å²) >= 11 is 1.55. The maximum absolute atomic E-state index is 6.17. The maximum atomic E-state index is 6.17. The van der Waals surface area contributed by atoms with Crippen LogP contribution in [0.25, 0.3) is 11.1 Å². The van der Waals surface area contributed by atoms with Crippen molar-refractivity contribution in [3.05, 3.63) is 30.3 Å². The summed E-state index contributed by atoms with van der Waals surface area (Å²) < 4.78 is 4.43. The summed E-state index contributed by atoms with van der Waals surface area (Å²) in [5, 5.41) is 1.24. The van der Waals surface area contributed by atoms with Gasteiger partial charge in [-0.3, -0.25) is 0 Å². The summed E-state index contributed by atoms with van der Waals surface area (Å²) in [6.45, 7) is 3.26. The summed E-state index contributed by atoms with van der Waals surface area (Å²) in [7, 11) is 0. The first-order valence-electron chi connectivity index (χ1n) is 7.88. The lowest BCUT2D eigenvalue weighted by Gasteiger charge is -2.34. The van der Waals surface area contributed by atoms with Gasteiger partial charge in [-0.15, -0.1) is 0 Å². The van der Waals surface area contributed by atoms with Crippen LogP contribution in [-0.4, -0.2) is 17.0 Å². The Bertz CT molecular complexity index is 573. The Labute approximate surface area is 131 Å². The van der Waals surface area contributed by atoms with E-state index in [0.717, 1.165) is 12.1 Å². The van der Waals surface area contributed by atoms with E-state index in [9.17, 15) is 0 Å². The van der Waals surface area contributed by atoms with Gasteiger partial charge in [0.25, 0.3) is 0 Å². The number of hydrogen-bond acceptors (Lipinski definition) is 4. The van der Waals surface area contributed by atoms with Crippen LogP contribution in [0.15, 0.2) is 30.3 Å². The van der Waals surface area contributed by atoms with Gasteiger partial charge < -0.3 is 10.6 Å². The maximum Gasteiger partial charge on any atom is 0.147 e. The predicted molar refractivity (Wildman–Crippen MR) is 91.9 cm³/mol. The molecular formula is C17H23N3S. The molecule has 1 fully saturated rings. The van der Waals surface area contributed by atoms with Crippen molar-refractivity contribution in [1.29, 1.82) is 0 Å². The van der Waals surface area contributed by atoms with E-state index in [4.69, 9.17) is 5.73 Å². The van der Waals surface area contributed by atoms with Gasteiger partial charge >= 0.3 is 0 Å². The molecule has 0 unspecified atom stereocenters. The molecule has 2 N–H and O–H groups in total. The van der Waals surface area contributed by atoms with Crippen molar-refractivity contribution < 1.29 is 0 Å². The van der Waals surface area contributed by atoms with Crippen molar-refractivity contribution in [1.82, 2.24) is 4.37 Å². The zero-order chi connectivity index (χ0) is 14.7. The molecule has 0 aliphatic heterocycles. The topological polar surface area (TPSA) is 42.2 Å². The lowest BCUT2D eigenvalue weighted by Crippen LogP contribution is -2.36. The van der Waals surface area contributed by atoms with Crippen molar-refractivity contribution in [3.8, 4) is 11.1 Å². The molecule has 1 aromatic heterocycles. The minimum Gasteiger partial charge on any atom is -0.382 e. The fourth-order valence-electron chi connectivity index (χ4n) is 3.33. The Kier molecular flexibility index (Phi) is 4.44. The molecule has 1 heterocycles. The molecule has 1 saturated carbocycles. The van der Waals surface area contributed by atoms with Crippen LogP contribution >= 0.6 is 11.5 Å². The average molecular weight is 301 g/mol. The molecule has 1 aliphatic rings. The number of hydrogen-bond donors (Lipinski definition) is 1. The fraction of sp³-hybridized carbons (Fsp3) is 0.471. The standard InChI is InChI=1S/C17H23N3S/c1-2-20(14-11-7-4-8-12-14)17-15(16(18)19-21-17)13-9-5-3-6-10-13/h3,5-6,9-10,14H,2,4,7-8,11-12H2,1H3,(H2,18,19). The van der Waals surface area contributed by atoms with Crippen molar-refractivity contribution in [2.75, 3.05) is 17.2 Å². The minimum absolute atomic E-state index is 0.645. The van der Waals surface area contributed by atoms with E-state index < -0.39 is 0 Å². The molecule has 1 aromatic carbocycles. The quantitative estimate of drug-likeness (QED) is 0.900. The first kappa shape index (κ1) is 14.4. The first-order valence-corrected chi connectivity index (χ1v) is 8.65. The highest BCUT2D eigenvalue weighted by Crippen LogP contribution is 2.41. The number of nitrogens with zero attached hydrogens (tertiary/aromatic N) is 2. The molecule has 0 radical (unpaired) electrons. The zero-order valence-corrected chi connectivity index (χ0v) is 13.4. The van der Waals surface area contributed by atoms with Crippen LogP contribution < -0.4 is 10.6 Å². The largest absolute Gasteiger partial charge is 0.382 e. The third kappa shape index (κ3) is 2.91. The Morgan fingerprint density at radius 1 is 1.19 bits per heavy atom. The van der Waals surface area contributed by atoms with Crippen LogP contribution in [0, 0.1) is 0 Å². The van der Waals surface area contributed by atoms with Gasteiger partial charge in [0.15, 0.2) is 0 Å². The molecule has 4 heteroatoms. The summed E-state index contributed by atoms with van der Waals surface area (Å²) in [6.07, 6.45) is 6.65. The van der Waals surface area contributed by atoms with Gasteiger partial charge in [0, 0.05) is 12.6 Å². The van der Waals surface area contributed by atoms with Crippen LogP contribution in [0.4, 0.5) is 10.8 Å². The van der Waals surface area contributed by atoms with Crippen molar-refractivity contribution in [3.63, 3.8) is 0 Å². The van der Waals surface area contributed by atoms with Gasteiger partial charge in [-0.2, -0.15) is 4.37 Å². The molecule has 3 rings (SSSR count). The van der Waals surface area contributed by atoms with Crippen LogP contribution in [0.2, 0.25) is 0 Å². The predicted octanol–water partition coefficient (Wildman–Crippen LogP) is 4.55. The molecule has 0 atom stereocenters. The Balaban J connectivity index is 1.97. The van der Waals surface area contributed by atoms with E-state index in [1.54, 1.807) is 11.5 Å². The van der Waals surface area contributed by atoms with E-state index in [0.29, 0.717) is 11.9 Å². The van der Waals surface area contributed by atoms with Crippen LogP contribution in [0.3, 0.4) is 0 Å². The van der Waals surface area contributed by atoms with E-state index in [-0.39, 0.29) is 0 Å². The smallest absolute Gasteiger partial charge is 0.147 e. The molecule has 3 nitrogen and oxygen atoms in total. The van der Waals surface area contributed by atoms with E-state index in [2.05, 4.69) is 40.5 Å². The molecule has 0 amide bonds. The number of benzene rings is 1. The summed E-state index contributed by atoms with van der Waals surface area (Å²) in [5.74, 6) is 0.662. The highest BCUT2D eigenvalue weighted by molar-refractivity contribution is 7.11. The summed E-state index contributed by atoms with van der Waals surface area (Å²) in [4.78, 5) is 2.52. The molecule has 0 bridgehead atoms. The summed E-state index contributed by atoms with van der Waals surface area (Å²) in [6, 6.07) is 11.1. The third-order valence-electron chi connectivity index (χ3n) is 4.38. The first-order chi connectivity index (χ1) is 10.3. The van der Waals surface area contributed by atoms with Crippen LogP contribution in [0.1, 0.15) is 39.0 Å². The molecule has 1 aliphatic carbocycles. The Morgan fingerprint density at radius 2 is 1.90 bits per heavy atom. The number of nitrogen functional groups attached to an aromatic ring is 1. The van der Waals surface area contributed by atoms with Gasteiger partial charge in [0.1, 0.15) is 10.8 Å². The number of aromatic nitrogens is 1. The van der Waals surface area contributed by atoms with Gasteiger partial charge in [-0.25, -0.2) is 0 Å². The van der Waals surface area contributed by atoms with E-state index >= 15 is 0 Å². The highest BCUT2D eigenvalue weighted by atomic mass is 32.1. The number of anilines is 2. The van der Waals surface area contributed by atoms with Crippen LogP contribution in [-0.2, 0) is 0 Å². The average Bonchev–Trinajstić information content (AvgIpc) is 2.92. The van der Waals surface area contributed by atoms with E-state index in [1.165, 1.54) is 42.7 Å². The van der Waals surface area contributed by atoms with Gasteiger partial charge in [-0.1, -0.05) is 49.6 Å². The minimum atomic E-state index is 0.645. The van der Waals surface area contributed by atoms with E-state index in [1.807, 2.05) is 6.07 Å². The lowest BCUT2D eigenvalue weighted by atomic mass is 9.94. The van der Waals surface area contributed by atoms with Gasteiger partial charge in [0.2, 0.25) is 0 Å². The molecule has 2 aromatic rings. The zero-order valence-electron chi connectivity index (χ0n) is 12.6. The van der Waals surface area contributed by atoms with Gasteiger partial charge in [0.05, 0.1) is 5.56 Å². The normalized spacial score (nSPS) is 16.0. The number of nitrogens with two attached hydrogens (primary N) is 1. The number of rotatable bonds is 4. The van der Waals surface area contributed by atoms with Crippen molar-refractivity contribution in [2.24, 2.45) is 0 Å². The van der Waals surface area contributed by atoms with Crippen molar-refractivity contribution in [2.45, 2.75) is 45.1 Å². The molecule has 21 heavy (non-hydrogen) atoms. The second kappa shape index (κ2) is 6.48. The third-order valence-corrected chi connectivity index (χ3v) is 5.28. The molecule has 112 valence electrons. The lowest BCUT2D eigenvalue weighted by molar-refractivity contribution is 0.419. The monoisotopic (exact) mass is 301 g/mol. The Hall–Kier alpha value is -1.55. The second-order valence-electron chi connectivity index (χ2n) is 5.69. The van der Waals surface area contributed by atoms with Crippen molar-refractivity contribution >= 4 is 22.4 Å². The molecule has 0 saturated heterocycles. The highest BCUT2D eigenvalue weighted by Gasteiger charge is 2.25. The molecule has 0 spiro atoms. The molecular weight excluding hydrogens is 278 g/mol. The SMILES string of the molecule is CCN(c1snc(N)c1-c1ccccc1)C1CCCCC1.